The van der Waals surface area contributed by atoms with Crippen molar-refractivity contribution in [2.75, 3.05) is 0 Å². The van der Waals surface area contributed by atoms with E-state index in [1.54, 1.807) is 6.92 Å². The highest BCUT2D eigenvalue weighted by atomic mass is 35.5. The van der Waals surface area contributed by atoms with E-state index in [1.165, 1.54) is 0 Å². The van der Waals surface area contributed by atoms with E-state index in [0.29, 0.717) is 6.42 Å². The van der Waals surface area contributed by atoms with E-state index in [0.717, 1.165) is 0 Å². The van der Waals surface area contributed by atoms with Crippen LogP contribution >= 0.6 is 11.6 Å². The van der Waals surface area contributed by atoms with E-state index in [4.69, 9.17) is 17.1 Å². The van der Waals surface area contributed by atoms with Crippen molar-refractivity contribution in [3.8, 4) is 0 Å². The maximum Gasteiger partial charge on any atom is 0.0585 e. The molecule has 1 atom stereocenters. The first-order chi connectivity index (χ1) is 5.81. The average Bonchev–Trinajstić information content (AvgIpc) is 2.01. The summed E-state index contributed by atoms with van der Waals surface area (Å²) in [5.74, 6) is 0. The monoisotopic (exact) mass is 148 g/mol. The van der Waals surface area contributed by atoms with Gasteiger partial charge in [-0.2, -0.15) is 0 Å². The molecule has 9 heavy (non-hydrogen) atoms. The van der Waals surface area contributed by atoms with Gasteiger partial charge in [0.1, 0.15) is 0 Å². The summed E-state index contributed by atoms with van der Waals surface area (Å²) in [4.78, 5) is 0. The zero-order valence-corrected chi connectivity index (χ0v) is 6.26. The van der Waals surface area contributed by atoms with Gasteiger partial charge in [0.15, 0.2) is 0 Å². The van der Waals surface area contributed by atoms with Crippen LogP contribution < -0.4 is 0 Å². The normalized spacial score (nSPS) is 26.0. The summed E-state index contributed by atoms with van der Waals surface area (Å²) in [5, 5.41) is -1.67. The second-order valence-electron chi connectivity index (χ2n) is 1.47. The molecule has 0 radical (unpaired) electrons. The fraction of sp³-hybridized carbons (Fsp3) is 0.500. The molecule has 0 aromatic rings. The molecule has 0 nitrogen and oxygen atoms in total. The van der Waals surface area contributed by atoms with Crippen LogP contribution in [-0.2, 0) is 0 Å². The summed E-state index contributed by atoms with van der Waals surface area (Å²) >= 11 is 5.61. The molecule has 0 saturated carbocycles. The van der Waals surface area contributed by atoms with Crippen molar-refractivity contribution in [1.29, 1.82) is 0 Å². The molecule has 1 heteroatoms. The molecular weight excluding hydrogens is 132 g/mol. The summed E-state index contributed by atoms with van der Waals surface area (Å²) in [5.41, 5.74) is 0. The van der Waals surface area contributed by atoms with Crippen LogP contribution in [-0.4, -0.2) is 5.35 Å². The van der Waals surface area contributed by atoms with Crippen molar-refractivity contribution in [3.05, 3.63) is 24.7 Å². The fourth-order valence-electron chi connectivity index (χ4n) is 0.328. The van der Waals surface area contributed by atoms with Gasteiger partial charge in [0.05, 0.1) is 10.8 Å². The Hall–Kier alpha value is -0.230. The first-order valence-electron chi connectivity index (χ1n) is 4.81. The zero-order chi connectivity index (χ0) is 10.6. The quantitative estimate of drug-likeness (QED) is 0.425. The molecule has 0 aromatic carbocycles. The lowest BCUT2D eigenvalue weighted by Gasteiger charge is -1.94. The third kappa shape index (κ3) is 5.64. The van der Waals surface area contributed by atoms with E-state index < -0.39 is 5.35 Å². The zero-order valence-electron chi connectivity index (χ0n) is 9.50. The number of allylic oxidation sites excluding steroid dienone is 3. The molecule has 0 amide bonds. The Morgan fingerprint density at radius 1 is 1.89 bits per heavy atom. The predicted octanol–water partition coefficient (Wildman–Crippen LogP) is 3.14. The van der Waals surface area contributed by atoms with Crippen LogP contribution in [0.25, 0.3) is 0 Å². The van der Waals surface area contributed by atoms with Crippen LogP contribution in [0.4, 0.5) is 0 Å². The van der Waals surface area contributed by atoms with Gasteiger partial charge in [-0.05, 0) is 12.8 Å². The van der Waals surface area contributed by atoms with Gasteiger partial charge in [0.2, 0.25) is 0 Å². The molecule has 0 N–H and O–H groups in total. The van der Waals surface area contributed by atoms with Crippen LogP contribution in [0.5, 0.6) is 0 Å². The summed E-state index contributed by atoms with van der Waals surface area (Å²) in [6.45, 7) is 5.00. The van der Waals surface area contributed by atoms with E-state index >= 15 is 0 Å². The number of hydrogen-bond donors (Lipinski definition) is 0. The molecule has 0 bridgehead atoms. The summed E-state index contributed by atoms with van der Waals surface area (Å²) in [6, 6.07) is -0.0951. The standard InChI is InChI=1S/C8H13Cl/c1-3-5-6-7-8(9)4-2/h4-6,8H,2-3,7H2,1H3/b6-5-/t8-/m0/s1/i4D,5D,6D,8D. The molecule has 0 saturated heterocycles. The smallest absolute Gasteiger partial charge is 0.0585 e. The van der Waals surface area contributed by atoms with Crippen molar-refractivity contribution in [2.45, 2.75) is 25.1 Å². The lowest BCUT2D eigenvalue weighted by Crippen LogP contribution is -1.87. The maximum atomic E-state index is 7.42. The molecule has 52 valence electrons. The topological polar surface area (TPSA) is 0 Å². The molecule has 0 aromatic heterocycles. The number of rotatable bonds is 4. The van der Waals surface area contributed by atoms with Gasteiger partial charge in [0.25, 0.3) is 0 Å². The van der Waals surface area contributed by atoms with Crippen molar-refractivity contribution < 1.29 is 5.48 Å². The molecule has 0 fully saturated rings. The molecule has 0 spiro atoms. The van der Waals surface area contributed by atoms with Crippen molar-refractivity contribution in [2.24, 2.45) is 0 Å². The summed E-state index contributed by atoms with van der Waals surface area (Å²) in [7, 11) is 0. The van der Waals surface area contributed by atoms with Crippen LogP contribution in [0.1, 0.15) is 25.2 Å². The number of hydrogen-bond acceptors (Lipinski definition) is 0. The fourth-order valence-corrected chi connectivity index (χ4v) is 0.394. The molecule has 0 aliphatic heterocycles. The highest BCUT2D eigenvalue weighted by molar-refractivity contribution is 6.21. The van der Waals surface area contributed by atoms with E-state index in [9.17, 15) is 0 Å². The molecular formula is C8H13Cl. The first-order valence-corrected chi connectivity index (χ1v) is 3.19. The minimum absolute atomic E-state index is 0.000833. The van der Waals surface area contributed by atoms with Crippen LogP contribution in [0.3, 0.4) is 0 Å². The minimum atomic E-state index is -1.67. The van der Waals surface area contributed by atoms with Gasteiger partial charge in [-0.25, -0.2) is 0 Å². The van der Waals surface area contributed by atoms with Gasteiger partial charge >= 0.3 is 0 Å². The second-order valence-corrected chi connectivity index (χ2v) is 1.92. The van der Waals surface area contributed by atoms with Crippen LogP contribution in [0, 0.1) is 0 Å². The SMILES string of the molecule is [2H]C(=C)[C@]([2H])(Cl)C/C([2H])=C(/[2H])CC. The Morgan fingerprint density at radius 3 is 3.00 bits per heavy atom. The lowest BCUT2D eigenvalue weighted by molar-refractivity contribution is 1.05. The Balaban J connectivity index is 4.54. The van der Waals surface area contributed by atoms with Crippen LogP contribution in [0.2, 0.25) is 0 Å². The average molecular weight is 149 g/mol. The molecule has 0 heterocycles. The number of alkyl halides is 1. The van der Waals surface area contributed by atoms with Gasteiger partial charge in [-0.15, -0.1) is 18.2 Å². The largest absolute Gasteiger partial charge is 0.118 e. The summed E-state index contributed by atoms with van der Waals surface area (Å²) < 4.78 is 29.2. The maximum absolute atomic E-state index is 7.42. The summed E-state index contributed by atoms with van der Waals surface area (Å²) in [6.07, 6.45) is 0.305. The van der Waals surface area contributed by atoms with Gasteiger partial charge in [-0.1, -0.05) is 25.1 Å². The molecule has 0 unspecified atom stereocenters. The van der Waals surface area contributed by atoms with Crippen molar-refractivity contribution in [1.82, 2.24) is 0 Å². The third-order valence-corrected chi connectivity index (χ3v) is 1.00. The Bertz CT molecular complexity index is 232. The van der Waals surface area contributed by atoms with Gasteiger partial charge < -0.3 is 0 Å². The molecule has 0 aliphatic carbocycles. The lowest BCUT2D eigenvalue weighted by atomic mass is 10.2. The number of halogens is 1. The predicted molar refractivity (Wildman–Crippen MR) is 43.9 cm³/mol. The second kappa shape index (κ2) is 5.90. The Kier molecular flexibility index (Phi) is 2.50. The van der Waals surface area contributed by atoms with Crippen molar-refractivity contribution >= 4 is 11.6 Å². The molecule has 0 rings (SSSR count). The van der Waals surface area contributed by atoms with Gasteiger partial charge in [0, 0.05) is 0 Å². The first kappa shape index (κ1) is 3.82. The van der Waals surface area contributed by atoms with E-state index in [1.807, 2.05) is 0 Å². The minimum Gasteiger partial charge on any atom is -0.118 e. The van der Waals surface area contributed by atoms with E-state index in [-0.39, 0.29) is 24.6 Å². The van der Waals surface area contributed by atoms with Gasteiger partial charge in [-0.3, -0.25) is 0 Å². The Labute approximate surface area is 67.8 Å². The molecule has 0 aliphatic rings. The van der Waals surface area contributed by atoms with Crippen molar-refractivity contribution in [3.63, 3.8) is 0 Å². The van der Waals surface area contributed by atoms with Crippen LogP contribution in [0.15, 0.2) is 24.7 Å². The third-order valence-electron chi connectivity index (χ3n) is 0.737. The van der Waals surface area contributed by atoms with E-state index in [2.05, 4.69) is 6.58 Å². The highest BCUT2D eigenvalue weighted by Gasteiger charge is 1.91. The Morgan fingerprint density at radius 2 is 2.56 bits per heavy atom. The highest BCUT2D eigenvalue weighted by Crippen LogP contribution is 2.03.